The maximum absolute atomic E-state index is 11.7. The molecule has 74 valence electrons. The summed E-state index contributed by atoms with van der Waals surface area (Å²) in [6.07, 6.45) is 1.78. The number of fused-ring (bicyclic) bond motifs is 1. The van der Waals surface area contributed by atoms with Gasteiger partial charge in [0.05, 0.1) is 12.2 Å². The largest absolute Gasteiger partial charge is 0.332 e. The lowest BCUT2D eigenvalue weighted by molar-refractivity contribution is -0.135. The van der Waals surface area contributed by atoms with E-state index in [1.54, 1.807) is 6.20 Å². The molecule has 0 bridgehead atoms. The first-order valence-electron chi connectivity index (χ1n) is 4.90. The number of pyridine rings is 1. The molecule has 2 rings (SSSR count). The Kier molecular flexibility index (Phi) is 2.23. The Labute approximate surface area is 83.8 Å². The van der Waals surface area contributed by atoms with Crippen LogP contribution < -0.4 is 0 Å². The number of nitrogens with zero attached hydrogens (tertiary/aromatic N) is 2. The Morgan fingerprint density at radius 3 is 2.93 bits per heavy atom. The number of carbonyl (C=O) groups is 1. The van der Waals surface area contributed by atoms with Crippen molar-refractivity contribution >= 4 is 5.91 Å². The van der Waals surface area contributed by atoms with Crippen molar-refractivity contribution in [1.82, 2.24) is 9.88 Å². The first kappa shape index (κ1) is 9.19. The fourth-order valence-corrected chi connectivity index (χ4v) is 1.72. The molecule has 0 atom stereocenters. The maximum atomic E-state index is 11.7. The van der Waals surface area contributed by atoms with Crippen molar-refractivity contribution in [3.8, 4) is 0 Å². The molecule has 3 heteroatoms. The number of rotatable bonds is 1. The summed E-state index contributed by atoms with van der Waals surface area (Å²) in [5, 5.41) is 0. The third-order valence-electron chi connectivity index (χ3n) is 2.49. The van der Waals surface area contributed by atoms with Crippen molar-refractivity contribution < 1.29 is 4.79 Å². The molecule has 0 aromatic carbocycles. The second-order valence-electron chi connectivity index (χ2n) is 3.96. The SMILES string of the molecule is CC(C)C(=O)N1Cc2cccnc2C1. The second-order valence-corrected chi connectivity index (χ2v) is 3.96. The number of carbonyl (C=O) groups excluding carboxylic acids is 1. The Morgan fingerprint density at radius 1 is 1.50 bits per heavy atom. The Hall–Kier alpha value is -1.38. The predicted molar refractivity (Wildman–Crippen MR) is 53.3 cm³/mol. The molecule has 0 saturated heterocycles. The van der Waals surface area contributed by atoms with E-state index in [9.17, 15) is 4.79 Å². The zero-order valence-corrected chi connectivity index (χ0v) is 8.53. The molecule has 1 aliphatic rings. The van der Waals surface area contributed by atoms with E-state index in [0.717, 1.165) is 12.2 Å². The average molecular weight is 190 g/mol. The van der Waals surface area contributed by atoms with Gasteiger partial charge in [0.1, 0.15) is 0 Å². The third-order valence-corrected chi connectivity index (χ3v) is 2.49. The fourth-order valence-electron chi connectivity index (χ4n) is 1.72. The monoisotopic (exact) mass is 190 g/mol. The minimum Gasteiger partial charge on any atom is -0.332 e. The van der Waals surface area contributed by atoms with E-state index < -0.39 is 0 Å². The van der Waals surface area contributed by atoms with Crippen LogP contribution in [-0.2, 0) is 17.9 Å². The van der Waals surface area contributed by atoms with Crippen LogP contribution in [0, 0.1) is 5.92 Å². The predicted octanol–water partition coefficient (Wildman–Crippen LogP) is 1.58. The van der Waals surface area contributed by atoms with Crippen molar-refractivity contribution in [2.75, 3.05) is 0 Å². The molecular weight excluding hydrogens is 176 g/mol. The van der Waals surface area contributed by atoms with Gasteiger partial charge in [0.25, 0.3) is 0 Å². The van der Waals surface area contributed by atoms with Crippen molar-refractivity contribution in [2.45, 2.75) is 26.9 Å². The highest BCUT2D eigenvalue weighted by atomic mass is 16.2. The first-order chi connectivity index (χ1) is 6.68. The van der Waals surface area contributed by atoms with Gasteiger partial charge in [0.15, 0.2) is 0 Å². The summed E-state index contributed by atoms with van der Waals surface area (Å²) >= 11 is 0. The number of amides is 1. The Morgan fingerprint density at radius 2 is 2.29 bits per heavy atom. The van der Waals surface area contributed by atoms with Crippen molar-refractivity contribution in [2.24, 2.45) is 5.92 Å². The molecule has 0 spiro atoms. The molecule has 14 heavy (non-hydrogen) atoms. The maximum Gasteiger partial charge on any atom is 0.225 e. The minimum atomic E-state index is 0.0734. The standard InChI is InChI=1S/C11H14N2O/c1-8(2)11(14)13-6-9-4-3-5-12-10(9)7-13/h3-5,8H,6-7H2,1-2H3. The molecule has 0 N–H and O–H groups in total. The summed E-state index contributed by atoms with van der Waals surface area (Å²) in [6, 6.07) is 3.96. The highest BCUT2D eigenvalue weighted by molar-refractivity contribution is 5.78. The van der Waals surface area contributed by atoms with E-state index in [1.807, 2.05) is 30.9 Å². The minimum absolute atomic E-state index is 0.0734. The van der Waals surface area contributed by atoms with Crippen molar-refractivity contribution in [1.29, 1.82) is 0 Å². The van der Waals surface area contributed by atoms with E-state index in [1.165, 1.54) is 5.56 Å². The normalized spacial score (nSPS) is 14.6. The summed E-state index contributed by atoms with van der Waals surface area (Å²) in [7, 11) is 0. The van der Waals surface area contributed by atoms with Crippen LogP contribution in [0.3, 0.4) is 0 Å². The van der Waals surface area contributed by atoms with E-state index in [2.05, 4.69) is 4.98 Å². The van der Waals surface area contributed by atoms with Gasteiger partial charge in [0.2, 0.25) is 5.91 Å². The van der Waals surface area contributed by atoms with Crippen LogP contribution in [0.2, 0.25) is 0 Å². The summed E-state index contributed by atoms with van der Waals surface area (Å²) in [4.78, 5) is 17.8. The fraction of sp³-hybridized carbons (Fsp3) is 0.455. The topological polar surface area (TPSA) is 33.2 Å². The molecule has 0 fully saturated rings. The van der Waals surface area contributed by atoms with Gasteiger partial charge in [-0.1, -0.05) is 19.9 Å². The average Bonchev–Trinajstić information content (AvgIpc) is 2.59. The van der Waals surface area contributed by atoms with Crippen LogP contribution in [0.15, 0.2) is 18.3 Å². The van der Waals surface area contributed by atoms with Crippen LogP contribution in [0.1, 0.15) is 25.1 Å². The summed E-state index contributed by atoms with van der Waals surface area (Å²) < 4.78 is 0. The van der Waals surface area contributed by atoms with Gasteiger partial charge in [-0.25, -0.2) is 0 Å². The molecule has 0 saturated carbocycles. The van der Waals surface area contributed by atoms with Gasteiger partial charge >= 0.3 is 0 Å². The van der Waals surface area contributed by atoms with Gasteiger partial charge in [0, 0.05) is 18.7 Å². The number of hydrogen-bond acceptors (Lipinski definition) is 2. The molecule has 2 heterocycles. The second kappa shape index (κ2) is 3.40. The first-order valence-corrected chi connectivity index (χ1v) is 4.90. The highest BCUT2D eigenvalue weighted by Gasteiger charge is 2.25. The quantitative estimate of drug-likeness (QED) is 0.673. The Balaban J connectivity index is 2.16. The van der Waals surface area contributed by atoms with Gasteiger partial charge in [-0.05, 0) is 11.6 Å². The number of hydrogen-bond donors (Lipinski definition) is 0. The zero-order valence-electron chi connectivity index (χ0n) is 8.53. The lowest BCUT2D eigenvalue weighted by atomic mass is 10.2. The van der Waals surface area contributed by atoms with Gasteiger partial charge in [-0.2, -0.15) is 0 Å². The van der Waals surface area contributed by atoms with Crippen LogP contribution in [0.5, 0.6) is 0 Å². The van der Waals surface area contributed by atoms with E-state index >= 15 is 0 Å². The lowest BCUT2D eigenvalue weighted by Gasteiger charge is -2.17. The molecule has 0 radical (unpaired) electrons. The number of aromatic nitrogens is 1. The summed E-state index contributed by atoms with van der Waals surface area (Å²) in [5.74, 6) is 0.285. The van der Waals surface area contributed by atoms with Gasteiger partial charge < -0.3 is 4.90 Å². The molecule has 3 nitrogen and oxygen atoms in total. The third kappa shape index (κ3) is 1.50. The molecular formula is C11H14N2O. The summed E-state index contributed by atoms with van der Waals surface area (Å²) in [6.45, 7) is 5.25. The van der Waals surface area contributed by atoms with Crippen LogP contribution in [-0.4, -0.2) is 15.8 Å². The molecule has 1 aliphatic heterocycles. The van der Waals surface area contributed by atoms with Crippen LogP contribution >= 0.6 is 0 Å². The van der Waals surface area contributed by atoms with Crippen LogP contribution in [0.25, 0.3) is 0 Å². The molecule has 1 amide bonds. The van der Waals surface area contributed by atoms with E-state index in [0.29, 0.717) is 6.54 Å². The molecule has 1 aromatic rings. The van der Waals surface area contributed by atoms with E-state index in [4.69, 9.17) is 0 Å². The van der Waals surface area contributed by atoms with Crippen molar-refractivity contribution in [3.63, 3.8) is 0 Å². The lowest BCUT2D eigenvalue weighted by Crippen LogP contribution is -2.29. The smallest absolute Gasteiger partial charge is 0.225 e. The molecule has 0 aliphatic carbocycles. The van der Waals surface area contributed by atoms with E-state index in [-0.39, 0.29) is 11.8 Å². The van der Waals surface area contributed by atoms with Crippen molar-refractivity contribution in [3.05, 3.63) is 29.6 Å². The van der Waals surface area contributed by atoms with Gasteiger partial charge in [-0.3, -0.25) is 9.78 Å². The molecule has 1 aromatic heterocycles. The van der Waals surface area contributed by atoms with Gasteiger partial charge in [-0.15, -0.1) is 0 Å². The van der Waals surface area contributed by atoms with Crippen LogP contribution in [0.4, 0.5) is 0 Å². The highest BCUT2D eigenvalue weighted by Crippen LogP contribution is 2.21. The summed E-state index contributed by atoms with van der Waals surface area (Å²) in [5.41, 5.74) is 2.23. The zero-order chi connectivity index (χ0) is 10.1. The Bertz CT molecular complexity index is 335. The molecule has 0 unspecified atom stereocenters.